The Bertz CT molecular complexity index is 798. The molecule has 0 saturated carbocycles. The van der Waals surface area contributed by atoms with E-state index in [4.69, 9.17) is 14.4 Å². The van der Waals surface area contributed by atoms with Crippen LogP contribution in [0.5, 0.6) is 0 Å². The molecule has 0 fully saturated rings. The SMILES string of the molecule is Cc1oc(C)c(C(=O)O[C@H](C)C(=O)Nc2sccc2C#N)c1C. The zero-order valence-corrected chi connectivity index (χ0v) is 14.0. The van der Waals surface area contributed by atoms with Crippen molar-refractivity contribution in [2.75, 3.05) is 5.32 Å². The van der Waals surface area contributed by atoms with Crippen LogP contribution in [0.25, 0.3) is 0 Å². The molecule has 0 aliphatic heterocycles. The summed E-state index contributed by atoms with van der Waals surface area (Å²) in [6.45, 7) is 6.67. The minimum Gasteiger partial charge on any atom is -0.465 e. The van der Waals surface area contributed by atoms with Gasteiger partial charge in [0.25, 0.3) is 5.91 Å². The Labute approximate surface area is 137 Å². The molecule has 7 heteroatoms. The fraction of sp³-hybridized carbons (Fsp3) is 0.312. The number of anilines is 1. The van der Waals surface area contributed by atoms with E-state index in [2.05, 4.69) is 5.32 Å². The van der Waals surface area contributed by atoms with Crippen LogP contribution in [0.1, 0.15) is 39.9 Å². The number of nitrogens with zero attached hydrogens (tertiary/aromatic N) is 1. The zero-order valence-electron chi connectivity index (χ0n) is 13.2. The Morgan fingerprint density at radius 1 is 1.35 bits per heavy atom. The topological polar surface area (TPSA) is 92.3 Å². The quantitative estimate of drug-likeness (QED) is 0.867. The van der Waals surface area contributed by atoms with Gasteiger partial charge in [0.15, 0.2) is 6.10 Å². The van der Waals surface area contributed by atoms with Crippen LogP contribution in [0, 0.1) is 32.1 Å². The van der Waals surface area contributed by atoms with Crippen molar-refractivity contribution in [1.29, 1.82) is 5.26 Å². The summed E-state index contributed by atoms with van der Waals surface area (Å²) >= 11 is 1.23. The second kappa shape index (κ2) is 6.67. The van der Waals surface area contributed by atoms with Crippen LogP contribution in [0.2, 0.25) is 0 Å². The Morgan fingerprint density at radius 2 is 2.04 bits per heavy atom. The fourth-order valence-electron chi connectivity index (χ4n) is 2.07. The number of hydrogen-bond donors (Lipinski definition) is 1. The first-order valence-electron chi connectivity index (χ1n) is 6.91. The molecule has 0 saturated heterocycles. The summed E-state index contributed by atoms with van der Waals surface area (Å²) in [5, 5.41) is 13.7. The van der Waals surface area contributed by atoms with Gasteiger partial charge in [-0.2, -0.15) is 5.26 Å². The van der Waals surface area contributed by atoms with Crippen LogP contribution in [0.4, 0.5) is 5.00 Å². The maximum Gasteiger partial charge on any atom is 0.342 e. The third kappa shape index (κ3) is 3.43. The van der Waals surface area contributed by atoms with Crippen molar-refractivity contribution < 1.29 is 18.7 Å². The van der Waals surface area contributed by atoms with Crippen LogP contribution in [0.3, 0.4) is 0 Å². The average molecular weight is 332 g/mol. The Hall–Kier alpha value is -2.59. The summed E-state index contributed by atoms with van der Waals surface area (Å²) in [5.41, 5.74) is 1.42. The molecule has 1 N–H and O–H groups in total. The van der Waals surface area contributed by atoms with Crippen molar-refractivity contribution in [3.8, 4) is 6.07 Å². The first-order valence-corrected chi connectivity index (χ1v) is 7.79. The average Bonchev–Trinajstić information content (AvgIpc) is 3.03. The number of thiophene rings is 1. The molecule has 0 aliphatic rings. The molecule has 0 aliphatic carbocycles. The van der Waals surface area contributed by atoms with E-state index in [0.717, 1.165) is 0 Å². The molecule has 0 unspecified atom stereocenters. The summed E-state index contributed by atoms with van der Waals surface area (Å²) in [6.07, 6.45) is -0.995. The van der Waals surface area contributed by atoms with Gasteiger partial charge in [-0.25, -0.2) is 4.79 Å². The van der Waals surface area contributed by atoms with E-state index in [9.17, 15) is 9.59 Å². The molecule has 2 aromatic heterocycles. The van der Waals surface area contributed by atoms with Crippen molar-refractivity contribution in [3.63, 3.8) is 0 Å². The molecule has 0 spiro atoms. The lowest BCUT2D eigenvalue weighted by atomic mass is 10.1. The van der Waals surface area contributed by atoms with Crippen LogP contribution in [0.15, 0.2) is 15.9 Å². The van der Waals surface area contributed by atoms with Crippen molar-refractivity contribution >= 4 is 28.2 Å². The van der Waals surface area contributed by atoms with Gasteiger partial charge in [0.2, 0.25) is 0 Å². The number of amides is 1. The molecule has 2 heterocycles. The molecule has 0 bridgehead atoms. The van der Waals surface area contributed by atoms with E-state index in [1.54, 1.807) is 32.2 Å². The van der Waals surface area contributed by atoms with E-state index >= 15 is 0 Å². The van der Waals surface area contributed by atoms with Gasteiger partial charge in [0.1, 0.15) is 28.2 Å². The zero-order chi connectivity index (χ0) is 17.1. The number of aryl methyl sites for hydroxylation is 2. The number of carbonyl (C=O) groups is 2. The van der Waals surface area contributed by atoms with E-state index in [1.165, 1.54) is 18.3 Å². The van der Waals surface area contributed by atoms with Gasteiger partial charge in [0.05, 0.1) is 5.56 Å². The number of nitrogens with one attached hydrogen (secondary N) is 1. The smallest absolute Gasteiger partial charge is 0.342 e. The molecular weight excluding hydrogens is 316 g/mol. The summed E-state index contributed by atoms with van der Waals surface area (Å²) < 4.78 is 10.6. The molecule has 0 radical (unpaired) electrons. The fourth-order valence-corrected chi connectivity index (χ4v) is 2.82. The van der Waals surface area contributed by atoms with Crippen molar-refractivity contribution in [1.82, 2.24) is 0 Å². The number of hydrogen-bond acceptors (Lipinski definition) is 6. The first kappa shape index (κ1) is 16.8. The minimum absolute atomic E-state index is 0.344. The van der Waals surface area contributed by atoms with Crippen molar-refractivity contribution in [2.45, 2.75) is 33.8 Å². The number of nitriles is 1. The molecule has 2 aromatic rings. The number of carbonyl (C=O) groups excluding carboxylic acids is 2. The third-order valence-corrected chi connectivity index (χ3v) is 4.27. The van der Waals surface area contributed by atoms with Gasteiger partial charge in [-0.1, -0.05) is 0 Å². The van der Waals surface area contributed by atoms with Crippen LogP contribution in [-0.4, -0.2) is 18.0 Å². The molecular formula is C16H16N2O4S. The van der Waals surface area contributed by atoms with Crippen LogP contribution in [-0.2, 0) is 9.53 Å². The number of rotatable bonds is 4. The first-order chi connectivity index (χ1) is 10.8. The number of esters is 1. The van der Waals surface area contributed by atoms with Gasteiger partial charge in [-0.05, 0) is 39.1 Å². The van der Waals surface area contributed by atoms with Gasteiger partial charge in [-0.15, -0.1) is 11.3 Å². The molecule has 23 heavy (non-hydrogen) atoms. The second-order valence-electron chi connectivity index (χ2n) is 5.03. The highest BCUT2D eigenvalue weighted by Crippen LogP contribution is 2.24. The lowest BCUT2D eigenvalue weighted by Crippen LogP contribution is -2.30. The van der Waals surface area contributed by atoms with Crippen LogP contribution >= 0.6 is 11.3 Å². The molecule has 0 aromatic carbocycles. The number of ether oxygens (including phenoxy) is 1. The highest BCUT2D eigenvalue weighted by Gasteiger charge is 2.25. The van der Waals surface area contributed by atoms with Gasteiger partial charge < -0.3 is 14.5 Å². The van der Waals surface area contributed by atoms with E-state index in [-0.39, 0.29) is 0 Å². The van der Waals surface area contributed by atoms with Crippen LogP contribution < -0.4 is 5.32 Å². The maximum atomic E-state index is 12.2. The molecule has 1 amide bonds. The largest absolute Gasteiger partial charge is 0.465 e. The Kier molecular flexibility index (Phi) is 4.86. The molecule has 120 valence electrons. The summed E-state index contributed by atoms with van der Waals surface area (Å²) in [5.74, 6) is 0.00504. The highest BCUT2D eigenvalue weighted by atomic mass is 32.1. The van der Waals surface area contributed by atoms with Gasteiger partial charge >= 0.3 is 5.97 Å². The predicted molar refractivity (Wildman–Crippen MR) is 85.5 cm³/mol. The third-order valence-electron chi connectivity index (χ3n) is 3.44. The summed E-state index contributed by atoms with van der Waals surface area (Å²) in [4.78, 5) is 24.3. The molecule has 1 atom stereocenters. The van der Waals surface area contributed by atoms with Crippen molar-refractivity contribution in [2.24, 2.45) is 0 Å². The summed E-state index contributed by atoms with van der Waals surface area (Å²) in [7, 11) is 0. The number of furan rings is 1. The van der Waals surface area contributed by atoms with Gasteiger partial charge in [0, 0.05) is 5.56 Å². The predicted octanol–water partition coefficient (Wildman–Crippen LogP) is 3.32. The normalized spacial score (nSPS) is 11.6. The van der Waals surface area contributed by atoms with E-state index < -0.39 is 18.0 Å². The Balaban J connectivity index is 2.06. The van der Waals surface area contributed by atoms with Gasteiger partial charge in [-0.3, -0.25) is 4.79 Å². The van der Waals surface area contributed by atoms with E-state index in [0.29, 0.717) is 33.2 Å². The van der Waals surface area contributed by atoms with Crippen molar-refractivity contribution in [3.05, 3.63) is 39.7 Å². The second-order valence-corrected chi connectivity index (χ2v) is 5.94. The standard InChI is InChI=1S/C16H16N2O4S/c1-8-9(2)21-10(3)13(8)16(20)22-11(4)14(19)18-15-12(7-17)5-6-23-15/h5-6,11H,1-4H3,(H,18,19)/t11-/m1/s1. The lowest BCUT2D eigenvalue weighted by molar-refractivity contribution is -0.123. The monoisotopic (exact) mass is 332 g/mol. The maximum absolute atomic E-state index is 12.2. The molecule has 6 nitrogen and oxygen atoms in total. The van der Waals surface area contributed by atoms with E-state index in [1.807, 2.05) is 6.07 Å². The summed E-state index contributed by atoms with van der Waals surface area (Å²) in [6, 6.07) is 3.59. The lowest BCUT2D eigenvalue weighted by Gasteiger charge is -2.13. The Morgan fingerprint density at radius 3 is 2.61 bits per heavy atom. The highest BCUT2D eigenvalue weighted by molar-refractivity contribution is 7.14. The minimum atomic E-state index is -0.995. The molecule has 2 rings (SSSR count).